The second-order valence-electron chi connectivity index (χ2n) is 6.71. The molecule has 1 aromatic carbocycles. The van der Waals surface area contributed by atoms with Gasteiger partial charge in [0.15, 0.2) is 5.58 Å². The summed E-state index contributed by atoms with van der Waals surface area (Å²) in [5.74, 6) is 0.581. The van der Waals surface area contributed by atoms with Gasteiger partial charge < -0.3 is 15.5 Å². The van der Waals surface area contributed by atoms with E-state index < -0.39 is 6.04 Å². The fourth-order valence-electron chi connectivity index (χ4n) is 1.85. The van der Waals surface area contributed by atoms with Crippen molar-refractivity contribution in [3.8, 4) is 0 Å². The Morgan fingerprint density at radius 2 is 2.00 bits per heavy atom. The molecule has 0 saturated carbocycles. The van der Waals surface area contributed by atoms with Crippen LogP contribution >= 0.6 is 0 Å². The van der Waals surface area contributed by atoms with Crippen LogP contribution in [0.4, 0.5) is 5.69 Å². The molecule has 2 rings (SSSR count). The number of nitrogens with one attached hydrogen (secondary N) is 1. The van der Waals surface area contributed by atoms with Crippen molar-refractivity contribution < 1.29 is 9.21 Å². The van der Waals surface area contributed by atoms with Crippen molar-refractivity contribution >= 4 is 22.7 Å². The third kappa shape index (κ3) is 3.42. The van der Waals surface area contributed by atoms with E-state index in [4.69, 9.17) is 10.2 Å². The van der Waals surface area contributed by atoms with Gasteiger partial charge in [0.05, 0.1) is 6.04 Å². The van der Waals surface area contributed by atoms with Crippen molar-refractivity contribution in [1.82, 2.24) is 4.98 Å². The maximum atomic E-state index is 12.0. The van der Waals surface area contributed by atoms with E-state index in [1.54, 1.807) is 12.1 Å². The SMILES string of the molecule is CC(C)C(N)C(=O)Nc1ccc2oc(C(C)(C)C)nc2c1. The van der Waals surface area contributed by atoms with Gasteiger partial charge in [0, 0.05) is 11.1 Å². The first-order valence-electron chi connectivity index (χ1n) is 7.16. The first kappa shape index (κ1) is 15.5. The van der Waals surface area contributed by atoms with Crippen molar-refractivity contribution in [3.63, 3.8) is 0 Å². The molecule has 0 bridgehead atoms. The number of carbonyl (C=O) groups is 1. The number of nitrogens with two attached hydrogens (primary N) is 1. The Morgan fingerprint density at radius 3 is 2.57 bits per heavy atom. The minimum Gasteiger partial charge on any atom is -0.440 e. The van der Waals surface area contributed by atoms with Crippen LogP contribution in [0.15, 0.2) is 22.6 Å². The van der Waals surface area contributed by atoms with Crippen LogP contribution < -0.4 is 11.1 Å². The number of hydrogen-bond donors (Lipinski definition) is 2. The molecule has 0 spiro atoms. The third-order valence-corrected chi connectivity index (χ3v) is 3.32. The highest BCUT2D eigenvalue weighted by atomic mass is 16.3. The summed E-state index contributed by atoms with van der Waals surface area (Å²) in [6.07, 6.45) is 0. The number of aromatic nitrogens is 1. The van der Waals surface area contributed by atoms with Crippen molar-refractivity contribution in [2.75, 3.05) is 5.32 Å². The Bertz CT molecular complexity index is 653. The van der Waals surface area contributed by atoms with Gasteiger partial charge in [-0.25, -0.2) is 4.98 Å². The summed E-state index contributed by atoms with van der Waals surface area (Å²) in [6.45, 7) is 9.97. The molecule has 3 N–H and O–H groups in total. The van der Waals surface area contributed by atoms with E-state index in [9.17, 15) is 4.79 Å². The first-order valence-corrected chi connectivity index (χ1v) is 7.16. The smallest absolute Gasteiger partial charge is 0.241 e. The molecule has 114 valence electrons. The van der Waals surface area contributed by atoms with E-state index in [0.717, 1.165) is 5.52 Å². The fraction of sp³-hybridized carbons (Fsp3) is 0.500. The molecule has 1 unspecified atom stereocenters. The van der Waals surface area contributed by atoms with Crippen LogP contribution in [0.5, 0.6) is 0 Å². The molecule has 0 saturated heterocycles. The van der Waals surface area contributed by atoms with Crippen LogP contribution in [0, 0.1) is 5.92 Å². The molecule has 1 atom stereocenters. The Kier molecular flexibility index (Phi) is 4.05. The number of anilines is 1. The van der Waals surface area contributed by atoms with Crippen LogP contribution in [0.1, 0.15) is 40.5 Å². The second kappa shape index (κ2) is 5.48. The van der Waals surface area contributed by atoms with Gasteiger partial charge >= 0.3 is 0 Å². The molecule has 0 radical (unpaired) electrons. The van der Waals surface area contributed by atoms with Crippen molar-refractivity contribution in [2.24, 2.45) is 11.7 Å². The van der Waals surface area contributed by atoms with E-state index in [1.165, 1.54) is 0 Å². The zero-order chi connectivity index (χ0) is 15.8. The molecule has 0 fully saturated rings. The monoisotopic (exact) mass is 289 g/mol. The van der Waals surface area contributed by atoms with Crippen molar-refractivity contribution in [2.45, 2.75) is 46.1 Å². The number of carbonyl (C=O) groups excluding carboxylic acids is 1. The van der Waals surface area contributed by atoms with Gasteiger partial charge in [0.25, 0.3) is 0 Å². The molecule has 0 aliphatic heterocycles. The van der Waals surface area contributed by atoms with Crippen LogP contribution in [0.2, 0.25) is 0 Å². The summed E-state index contributed by atoms with van der Waals surface area (Å²) in [6, 6.07) is 4.89. The highest BCUT2D eigenvalue weighted by molar-refractivity contribution is 5.96. The zero-order valence-electron chi connectivity index (χ0n) is 13.2. The molecule has 2 aromatic rings. The van der Waals surface area contributed by atoms with Gasteiger partial charge in [-0.15, -0.1) is 0 Å². The Balaban J connectivity index is 2.25. The normalized spacial score (nSPS) is 13.7. The van der Waals surface area contributed by atoms with Gasteiger partial charge in [-0.1, -0.05) is 34.6 Å². The van der Waals surface area contributed by atoms with Gasteiger partial charge in [-0.2, -0.15) is 0 Å². The minimum absolute atomic E-state index is 0.0910. The number of fused-ring (bicyclic) bond motifs is 1. The second-order valence-corrected chi connectivity index (χ2v) is 6.71. The highest BCUT2D eigenvalue weighted by Gasteiger charge is 2.21. The average Bonchev–Trinajstić information content (AvgIpc) is 2.80. The fourth-order valence-corrected chi connectivity index (χ4v) is 1.85. The predicted molar refractivity (Wildman–Crippen MR) is 84.2 cm³/mol. The predicted octanol–water partition coefficient (Wildman–Crippen LogP) is 3.05. The van der Waals surface area contributed by atoms with Crippen LogP contribution in [-0.2, 0) is 10.2 Å². The van der Waals surface area contributed by atoms with Crippen LogP contribution in [-0.4, -0.2) is 16.9 Å². The number of oxazole rings is 1. The van der Waals surface area contributed by atoms with E-state index >= 15 is 0 Å². The number of nitrogens with zero attached hydrogens (tertiary/aromatic N) is 1. The topological polar surface area (TPSA) is 81.2 Å². The average molecular weight is 289 g/mol. The number of benzene rings is 1. The lowest BCUT2D eigenvalue weighted by atomic mass is 9.97. The van der Waals surface area contributed by atoms with Crippen molar-refractivity contribution in [3.05, 3.63) is 24.1 Å². The number of amides is 1. The largest absolute Gasteiger partial charge is 0.440 e. The molecule has 21 heavy (non-hydrogen) atoms. The lowest BCUT2D eigenvalue weighted by Gasteiger charge is -2.15. The molecular weight excluding hydrogens is 266 g/mol. The Hall–Kier alpha value is -1.88. The molecule has 0 aliphatic rings. The van der Waals surface area contributed by atoms with E-state index in [2.05, 4.69) is 10.3 Å². The number of hydrogen-bond acceptors (Lipinski definition) is 4. The van der Waals surface area contributed by atoms with Gasteiger partial charge in [-0.05, 0) is 24.1 Å². The summed E-state index contributed by atoms with van der Waals surface area (Å²) in [5, 5.41) is 2.82. The zero-order valence-corrected chi connectivity index (χ0v) is 13.2. The molecule has 1 amide bonds. The lowest BCUT2D eigenvalue weighted by molar-refractivity contribution is -0.118. The molecule has 1 heterocycles. The highest BCUT2D eigenvalue weighted by Crippen LogP contribution is 2.27. The van der Waals surface area contributed by atoms with Gasteiger partial charge in [-0.3, -0.25) is 4.79 Å². The van der Waals surface area contributed by atoms with Gasteiger partial charge in [0.1, 0.15) is 5.52 Å². The van der Waals surface area contributed by atoms with Gasteiger partial charge in [0.2, 0.25) is 11.8 Å². The first-order chi connectivity index (χ1) is 9.68. The lowest BCUT2D eigenvalue weighted by Crippen LogP contribution is -2.39. The molecule has 5 heteroatoms. The van der Waals surface area contributed by atoms with Crippen LogP contribution in [0.3, 0.4) is 0 Å². The van der Waals surface area contributed by atoms with Crippen molar-refractivity contribution in [1.29, 1.82) is 0 Å². The van der Waals surface area contributed by atoms with E-state index in [1.807, 2.05) is 40.7 Å². The summed E-state index contributed by atoms with van der Waals surface area (Å²) in [7, 11) is 0. The summed E-state index contributed by atoms with van der Waals surface area (Å²) in [4.78, 5) is 16.5. The Morgan fingerprint density at radius 1 is 1.33 bits per heavy atom. The van der Waals surface area contributed by atoms with Crippen LogP contribution in [0.25, 0.3) is 11.1 Å². The maximum Gasteiger partial charge on any atom is 0.241 e. The Labute approximate surface area is 124 Å². The summed E-state index contributed by atoms with van der Waals surface area (Å²) < 4.78 is 5.73. The summed E-state index contributed by atoms with van der Waals surface area (Å²) in [5.41, 5.74) is 7.81. The standard InChI is InChI=1S/C16H23N3O2/c1-9(2)13(17)14(20)18-10-6-7-12-11(8-10)19-15(21-12)16(3,4)5/h6-9,13H,17H2,1-5H3,(H,18,20). The van der Waals surface area contributed by atoms with E-state index in [0.29, 0.717) is 17.2 Å². The quantitative estimate of drug-likeness (QED) is 0.910. The third-order valence-electron chi connectivity index (χ3n) is 3.32. The van der Waals surface area contributed by atoms with E-state index in [-0.39, 0.29) is 17.2 Å². The number of rotatable bonds is 3. The molecule has 0 aliphatic carbocycles. The summed E-state index contributed by atoms with van der Waals surface area (Å²) >= 11 is 0. The molecule has 1 aromatic heterocycles. The minimum atomic E-state index is -0.525. The maximum absolute atomic E-state index is 12.0. The molecular formula is C16H23N3O2. The molecule has 5 nitrogen and oxygen atoms in total.